The maximum atomic E-state index is 12.8. The number of ether oxygens (including phenoxy) is 4. The molecule has 1 heterocycles. The molecule has 0 amide bonds. The molecule has 0 bridgehead atoms. The van der Waals surface area contributed by atoms with Gasteiger partial charge in [0.05, 0.1) is 19.4 Å². The van der Waals surface area contributed by atoms with Crippen molar-refractivity contribution in [3.8, 4) is 23.0 Å². The highest BCUT2D eigenvalue weighted by molar-refractivity contribution is 6.11. The van der Waals surface area contributed by atoms with Crippen LogP contribution in [0.25, 0.3) is 6.08 Å². The monoisotopic (exact) mass is 355 g/mol. The molecule has 0 saturated heterocycles. The zero-order valence-electron chi connectivity index (χ0n) is 15.0. The van der Waals surface area contributed by atoms with Gasteiger partial charge in [-0.3, -0.25) is 4.79 Å². The third kappa shape index (κ3) is 3.44. The van der Waals surface area contributed by atoms with Crippen LogP contribution in [0.15, 0.2) is 35.9 Å². The minimum absolute atomic E-state index is 0.109. The number of benzene rings is 2. The first-order valence-electron chi connectivity index (χ1n) is 8.26. The lowest BCUT2D eigenvalue weighted by Gasteiger charge is -2.09. The SMILES string of the molecule is CCOc1cc(C(=O)C(C)=Cc2cc(OC)c3c(c2)OCO3)ccc1N. The van der Waals surface area contributed by atoms with Crippen molar-refractivity contribution in [3.63, 3.8) is 0 Å². The van der Waals surface area contributed by atoms with Gasteiger partial charge in [0.25, 0.3) is 0 Å². The Hall–Kier alpha value is -3.15. The number of nitrogen functional groups attached to an aromatic ring is 1. The number of carbonyl (C=O) groups excluding carboxylic acids is 1. The summed E-state index contributed by atoms with van der Waals surface area (Å²) in [4.78, 5) is 12.8. The van der Waals surface area contributed by atoms with Crippen LogP contribution in [-0.4, -0.2) is 26.3 Å². The van der Waals surface area contributed by atoms with E-state index in [1.54, 1.807) is 44.4 Å². The molecule has 1 aliphatic rings. The van der Waals surface area contributed by atoms with Crippen molar-refractivity contribution in [3.05, 3.63) is 47.0 Å². The second kappa shape index (κ2) is 7.39. The number of ketones is 1. The predicted octanol–water partition coefficient (Wildman–Crippen LogP) is 3.69. The van der Waals surface area contributed by atoms with E-state index in [2.05, 4.69) is 0 Å². The highest BCUT2D eigenvalue weighted by Crippen LogP contribution is 2.42. The van der Waals surface area contributed by atoms with E-state index in [-0.39, 0.29) is 12.6 Å². The maximum Gasteiger partial charge on any atom is 0.231 e. The van der Waals surface area contributed by atoms with Gasteiger partial charge in [-0.15, -0.1) is 0 Å². The standard InChI is InChI=1S/C20H21NO5/c1-4-24-16-10-14(5-6-15(16)21)19(22)12(2)7-13-8-17(23-3)20-18(9-13)25-11-26-20/h5-10H,4,11,21H2,1-3H3. The van der Waals surface area contributed by atoms with Crippen molar-refractivity contribution in [2.75, 3.05) is 26.2 Å². The van der Waals surface area contributed by atoms with Gasteiger partial charge in [0.2, 0.25) is 12.5 Å². The van der Waals surface area contributed by atoms with Crippen molar-refractivity contribution in [2.24, 2.45) is 0 Å². The maximum absolute atomic E-state index is 12.8. The second-order valence-corrected chi connectivity index (χ2v) is 5.80. The first-order valence-corrected chi connectivity index (χ1v) is 8.26. The lowest BCUT2D eigenvalue weighted by Crippen LogP contribution is -2.03. The summed E-state index contributed by atoms with van der Waals surface area (Å²) in [5.74, 6) is 2.14. The third-order valence-corrected chi connectivity index (χ3v) is 4.00. The number of allylic oxidation sites excluding steroid dienone is 1. The van der Waals surface area contributed by atoms with Gasteiger partial charge in [-0.2, -0.15) is 0 Å². The summed E-state index contributed by atoms with van der Waals surface area (Å²) in [7, 11) is 1.56. The van der Waals surface area contributed by atoms with Gasteiger partial charge in [-0.05, 0) is 61.4 Å². The van der Waals surface area contributed by atoms with Crippen molar-refractivity contribution >= 4 is 17.5 Å². The van der Waals surface area contributed by atoms with Crippen LogP contribution in [0.3, 0.4) is 0 Å². The zero-order valence-corrected chi connectivity index (χ0v) is 15.0. The lowest BCUT2D eigenvalue weighted by atomic mass is 10.0. The molecule has 3 rings (SSSR count). The fraction of sp³-hybridized carbons (Fsp3) is 0.250. The van der Waals surface area contributed by atoms with Gasteiger partial charge < -0.3 is 24.7 Å². The third-order valence-electron chi connectivity index (χ3n) is 4.00. The number of hydrogen-bond acceptors (Lipinski definition) is 6. The van der Waals surface area contributed by atoms with Crippen LogP contribution in [0.5, 0.6) is 23.0 Å². The molecule has 6 nitrogen and oxygen atoms in total. The van der Waals surface area contributed by atoms with Gasteiger partial charge in [0.15, 0.2) is 17.3 Å². The summed E-state index contributed by atoms with van der Waals surface area (Å²) in [6.45, 7) is 4.26. The van der Waals surface area contributed by atoms with Crippen molar-refractivity contribution < 1.29 is 23.7 Å². The second-order valence-electron chi connectivity index (χ2n) is 5.80. The van der Waals surface area contributed by atoms with E-state index >= 15 is 0 Å². The molecule has 0 radical (unpaired) electrons. The van der Waals surface area contributed by atoms with Crippen LogP contribution in [0.4, 0.5) is 5.69 Å². The van der Waals surface area contributed by atoms with Crippen molar-refractivity contribution in [2.45, 2.75) is 13.8 Å². The van der Waals surface area contributed by atoms with Crippen LogP contribution >= 0.6 is 0 Å². The van der Waals surface area contributed by atoms with E-state index in [1.165, 1.54) is 0 Å². The molecule has 0 atom stereocenters. The van der Waals surface area contributed by atoms with E-state index in [4.69, 9.17) is 24.7 Å². The molecular weight excluding hydrogens is 334 g/mol. The molecule has 0 spiro atoms. The summed E-state index contributed by atoms with van der Waals surface area (Å²) in [5.41, 5.74) is 8.25. The Kier molecular flexibility index (Phi) is 5.02. The number of rotatable bonds is 6. The minimum atomic E-state index is -0.109. The molecule has 0 saturated carbocycles. The molecule has 0 fully saturated rings. The average molecular weight is 355 g/mol. The summed E-state index contributed by atoms with van der Waals surface area (Å²) < 4.78 is 21.6. The Balaban J connectivity index is 1.90. The quantitative estimate of drug-likeness (QED) is 0.484. The Morgan fingerprint density at radius 1 is 1.23 bits per heavy atom. The Morgan fingerprint density at radius 2 is 2.04 bits per heavy atom. The molecule has 2 aromatic rings. The Bertz CT molecular complexity index is 873. The Labute approximate surface area is 152 Å². The highest BCUT2D eigenvalue weighted by Gasteiger charge is 2.20. The molecule has 136 valence electrons. The summed E-state index contributed by atoms with van der Waals surface area (Å²) >= 11 is 0. The first kappa shape index (κ1) is 17.7. The van der Waals surface area contributed by atoms with E-state index < -0.39 is 0 Å². The number of nitrogens with two attached hydrogens (primary N) is 1. The Morgan fingerprint density at radius 3 is 2.77 bits per heavy atom. The van der Waals surface area contributed by atoms with Gasteiger partial charge in [-0.1, -0.05) is 0 Å². The fourth-order valence-electron chi connectivity index (χ4n) is 2.73. The smallest absolute Gasteiger partial charge is 0.231 e. The van der Waals surface area contributed by atoms with Gasteiger partial charge in [0.1, 0.15) is 5.75 Å². The van der Waals surface area contributed by atoms with Crippen LogP contribution in [0, 0.1) is 0 Å². The van der Waals surface area contributed by atoms with Crippen LogP contribution in [0.2, 0.25) is 0 Å². The van der Waals surface area contributed by atoms with E-state index in [1.807, 2.05) is 13.0 Å². The molecule has 1 aliphatic heterocycles. The minimum Gasteiger partial charge on any atom is -0.493 e. The molecule has 6 heteroatoms. The number of Topliss-reactive ketones (excluding diaryl/α,β-unsaturated/α-hetero) is 1. The highest BCUT2D eigenvalue weighted by atomic mass is 16.7. The van der Waals surface area contributed by atoms with Crippen LogP contribution in [-0.2, 0) is 0 Å². The van der Waals surface area contributed by atoms with Crippen molar-refractivity contribution in [1.82, 2.24) is 0 Å². The number of hydrogen-bond donors (Lipinski definition) is 1. The van der Waals surface area contributed by atoms with E-state index in [9.17, 15) is 4.79 Å². The predicted molar refractivity (Wildman–Crippen MR) is 99.1 cm³/mol. The molecule has 2 N–H and O–H groups in total. The molecule has 0 aliphatic carbocycles. The number of anilines is 1. The van der Waals surface area contributed by atoms with Crippen molar-refractivity contribution in [1.29, 1.82) is 0 Å². The summed E-state index contributed by atoms with van der Waals surface area (Å²) in [5, 5.41) is 0. The molecular formula is C20H21NO5. The number of carbonyl (C=O) groups is 1. The zero-order chi connectivity index (χ0) is 18.7. The van der Waals surface area contributed by atoms with Crippen LogP contribution in [0.1, 0.15) is 29.8 Å². The topological polar surface area (TPSA) is 80.0 Å². The van der Waals surface area contributed by atoms with Gasteiger partial charge in [-0.25, -0.2) is 0 Å². The molecule has 2 aromatic carbocycles. The summed E-state index contributed by atoms with van der Waals surface area (Å²) in [6.07, 6.45) is 1.78. The summed E-state index contributed by atoms with van der Waals surface area (Å²) in [6, 6.07) is 8.65. The van der Waals surface area contributed by atoms with Gasteiger partial charge in [0, 0.05) is 5.56 Å². The fourth-order valence-corrected chi connectivity index (χ4v) is 2.73. The first-order chi connectivity index (χ1) is 12.5. The average Bonchev–Trinajstić information content (AvgIpc) is 3.11. The molecule has 26 heavy (non-hydrogen) atoms. The molecule has 0 unspecified atom stereocenters. The van der Waals surface area contributed by atoms with Crippen LogP contribution < -0.4 is 24.7 Å². The molecule has 0 aromatic heterocycles. The largest absolute Gasteiger partial charge is 0.493 e. The van der Waals surface area contributed by atoms with E-state index in [0.29, 0.717) is 46.4 Å². The van der Waals surface area contributed by atoms with Gasteiger partial charge >= 0.3 is 0 Å². The normalized spacial score (nSPS) is 12.8. The lowest BCUT2D eigenvalue weighted by molar-refractivity contribution is 0.103. The number of fused-ring (bicyclic) bond motifs is 1. The van der Waals surface area contributed by atoms with E-state index in [0.717, 1.165) is 5.56 Å². The number of methoxy groups -OCH3 is 1.